The number of rotatable bonds is 3. The zero-order valence-electron chi connectivity index (χ0n) is 15.9. The number of aromatic nitrogens is 1. The van der Waals surface area contributed by atoms with Gasteiger partial charge in [0.1, 0.15) is 5.82 Å². The number of carbonyl (C=O) groups excluding carboxylic acids is 1. The second-order valence-corrected chi connectivity index (χ2v) is 7.20. The Morgan fingerprint density at radius 1 is 1.20 bits per heavy atom. The number of amides is 1. The molecule has 1 aliphatic heterocycles. The first kappa shape index (κ1) is 20.3. The Balaban J connectivity index is 1.46. The molecule has 1 aromatic carbocycles. The summed E-state index contributed by atoms with van der Waals surface area (Å²) in [7, 11) is 1.53. The maximum Gasteiger partial charge on any atom is 0.417 e. The summed E-state index contributed by atoms with van der Waals surface area (Å²) in [6.07, 6.45) is -3.74. The molecule has 1 saturated heterocycles. The molecule has 0 spiro atoms. The van der Waals surface area contributed by atoms with Crippen molar-refractivity contribution < 1.29 is 27.1 Å². The Morgan fingerprint density at radius 2 is 1.93 bits per heavy atom. The van der Waals surface area contributed by atoms with Crippen molar-refractivity contribution in [1.29, 1.82) is 0 Å². The number of furan rings is 1. The Labute approximate surface area is 174 Å². The molecule has 3 heterocycles. The van der Waals surface area contributed by atoms with Gasteiger partial charge in [-0.05, 0) is 18.2 Å². The van der Waals surface area contributed by atoms with E-state index in [-0.39, 0.29) is 22.5 Å². The summed E-state index contributed by atoms with van der Waals surface area (Å²) in [6, 6.07) is 7.92. The average molecular weight is 440 g/mol. The van der Waals surface area contributed by atoms with Gasteiger partial charge in [-0.1, -0.05) is 23.7 Å². The molecule has 0 radical (unpaired) electrons. The molecule has 4 rings (SSSR count). The van der Waals surface area contributed by atoms with Gasteiger partial charge in [0.2, 0.25) is 0 Å². The first-order chi connectivity index (χ1) is 14.3. The molecule has 1 amide bonds. The van der Waals surface area contributed by atoms with E-state index in [0.29, 0.717) is 37.5 Å². The van der Waals surface area contributed by atoms with Crippen LogP contribution in [-0.4, -0.2) is 49.1 Å². The molecular formula is C20H17ClF3N3O3. The van der Waals surface area contributed by atoms with E-state index < -0.39 is 11.7 Å². The molecule has 1 aliphatic rings. The number of hydrogen-bond acceptors (Lipinski definition) is 5. The maximum absolute atomic E-state index is 12.8. The summed E-state index contributed by atoms with van der Waals surface area (Å²) in [5, 5.41) is 0.686. The lowest BCUT2D eigenvalue weighted by Gasteiger charge is -2.35. The van der Waals surface area contributed by atoms with Crippen molar-refractivity contribution in [3.05, 3.63) is 52.9 Å². The Kier molecular flexibility index (Phi) is 5.23. The van der Waals surface area contributed by atoms with Crippen LogP contribution in [0.1, 0.15) is 16.1 Å². The predicted molar refractivity (Wildman–Crippen MR) is 105 cm³/mol. The van der Waals surface area contributed by atoms with E-state index in [9.17, 15) is 18.0 Å². The lowest BCUT2D eigenvalue weighted by Crippen LogP contribution is -2.49. The van der Waals surface area contributed by atoms with Crippen LogP contribution in [0.5, 0.6) is 5.75 Å². The quantitative estimate of drug-likeness (QED) is 0.602. The van der Waals surface area contributed by atoms with Gasteiger partial charge in [0.25, 0.3) is 5.91 Å². The van der Waals surface area contributed by atoms with Gasteiger partial charge in [-0.2, -0.15) is 13.2 Å². The summed E-state index contributed by atoms with van der Waals surface area (Å²) >= 11 is 6.03. The van der Waals surface area contributed by atoms with Gasteiger partial charge < -0.3 is 19.0 Å². The lowest BCUT2D eigenvalue weighted by molar-refractivity contribution is -0.137. The largest absolute Gasteiger partial charge is 0.493 e. The minimum Gasteiger partial charge on any atom is -0.493 e. The predicted octanol–water partition coefficient (Wildman–Crippen LogP) is 4.47. The van der Waals surface area contributed by atoms with Crippen molar-refractivity contribution in [1.82, 2.24) is 9.88 Å². The first-order valence-corrected chi connectivity index (χ1v) is 9.49. The lowest BCUT2D eigenvalue weighted by atomic mass is 10.2. The third-order valence-corrected chi connectivity index (χ3v) is 5.23. The Hall–Kier alpha value is -2.94. The van der Waals surface area contributed by atoms with Crippen LogP contribution in [0.4, 0.5) is 19.0 Å². The van der Waals surface area contributed by atoms with E-state index in [4.69, 9.17) is 20.8 Å². The maximum atomic E-state index is 12.8. The average Bonchev–Trinajstić information content (AvgIpc) is 3.17. The van der Waals surface area contributed by atoms with Crippen LogP contribution in [0.25, 0.3) is 11.0 Å². The number of pyridine rings is 1. The number of fused-ring (bicyclic) bond motifs is 1. The van der Waals surface area contributed by atoms with Crippen LogP contribution in [0, 0.1) is 0 Å². The van der Waals surface area contributed by atoms with E-state index in [1.54, 1.807) is 21.9 Å². The van der Waals surface area contributed by atoms with E-state index in [1.165, 1.54) is 7.11 Å². The normalized spacial score (nSPS) is 15.0. The second kappa shape index (κ2) is 7.71. The topological polar surface area (TPSA) is 58.8 Å². The van der Waals surface area contributed by atoms with Crippen LogP contribution in [0.15, 0.2) is 40.9 Å². The summed E-state index contributed by atoms with van der Waals surface area (Å²) in [4.78, 5) is 20.1. The van der Waals surface area contributed by atoms with Gasteiger partial charge in [0.15, 0.2) is 17.1 Å². The van der Waals surface area contributed by atoms with E-state index >= 15 is 0 Å². The molecule has 0 bridgehead atoms. The Bertz CT molecular complexity index is 1090. The smallest absolute Gasteiger partial charge is 0.417 e. The molecule has 6 nitrogen and oxygen atoms in total. The molecule has 2 aromatic heterocycles. The number of hydrogen-bond donors (Lipinski definition) is 0. The molecule has 30 heavy (non-hydrogen) atoms. The van der Waals surface area contributed by atoms with Crippen LogP contribution in [0.2, 0.25) is 5.02 Å². The highest BCUT2D eigenvalue weighted by Crippen LogP contribution is 2.34. The number of carbonyl (C=O) groups is 1. The van der Waals surface area contributed by atoms with Gasteiger partial charge >= 0.3 is 6.18 Å². The number of nitrogens with zero attached hydrogens (tertiary/aromatic N) is 3. The summed E-state index contributed by atoms with van der Waals surface area (Å²) < 4.78 is 49.3. The van der Waals surface area contributed by atoms with Crippen LogP contribution in [0.3, 0.4) is 0 Å². The van der Waals surface area contributed by atoms with Crippen molar-refractivity contribution in [2.45, 2.75) is 6.18 Å². The molecule has 0 aliphatic carbocycles. The van der Waals surface area contributed by atoms with Crippen molar-refractivity contribution in [3.63, 3.8) is 0 Å². The van der Waals surface area contributed by atoms with Gasteiger partial charge in [0, 0.05) is 37.8 Å². The fraction of sp³-hybridized carbons (Fsp3) is 0.300. The Morgan fingerprint density at radius 3 is 2.57 bits per heavy atom. The highest BCUT2D eigenvalue weighted by molar-refractivity contribution is 6.33. The van der Waals surface area contributed by atoms with Gasteiger partial charge in [-0.15, -0.1) is 0 Å². The molecular weight excluding hydrogens is 423 g/mol. The van der Waals surface area contributed by atoms with Crippen LogP contribution < -0.4 is 9.64 Å². The number of ether oxygens (including phenoxy) is 1. The fourth-order valence-corrected chi connectivity index (χ4v) is 3.68. The monoisotopic (exact) mass is 439 g/mol. The number of piperazine rings is 1. The SMILES string of the molecule is COc1cccc2cc(C(=O)N3CCN(c4ncc(C(F)(F)F)cc4Cl)CC3)oc12. The molecule has 0 atom stereocenters. The number of halogens is 4. The van der Waals surface area contributed by atoms with E-state index in [0.717, 1.165) is 17.6 Å². The molecule has 158 valence electrons. The van der Waals surface area contributed by atoms with Gasteiger partial charge in [-0.25, -0.2) is 4.98 Å². The summed E-state index contributed by atoms with van der Waals surface area (Å²) in [6.45, 7) is 1.47. The highest BCUT2D eigenvalue weighted by atomic mass is 35.5. The van der Waals surface area contributed by atoms with E-state index in [1.807, 2.05) is 12.1 Å². The zero-order chi connectivity index (χ0) is 21.5. The number of benzene rings is 1. The highest BCUT2D eigenvalue weighted by Gasteiger charge is 2.33. The van der Waals surface area contributed by atoms with Crippen LogP contribution in [-0.2, 0) is 6.18 Å². The fourth-order valence-electron chi connectivity index (χ4n) is 3.40. The summed E-state index contributed by atoms with van der Waals surface area (Å²) in [5.74, 6) is 0.748. The van der Waals surface area contributed by atoms with Crippen molar-refractivity contribution >= 4 is 34.3 Å². The molecule has 3 aromatic rings. The number of para-hydroxylation sites is 1. The van der Waals surface area contributed by atoms with Gasteiger partial charge in [-0.3, -0.25) is 4.79 Å². The number of anilines is 1. The van der Waals surface area contributed by atoms with Gasteiger partial charge in [0.05, 0.1) is 17.7 Å². The van der Waals surface area contributed by atoms with E-state index in [2.05, 4.69) is 4.98 Å². The number of alkyl halides is 3. The minimum absolute atomic E-state index is 0.0750. The molecule has 1 fully saturated rings. The molecule has 10 heteroatoms. The minimum atomic E-state index is -4.50. The standard InChI is InChI=1S/C20H17ClF3N3O3/c1-29-15-4-2-3-12-9-16(30-17(12)15)19(28)27-7-5-26(6-8-27)18-14(21)10-13(11-25-18)20(22,23)24/h2-4,9-11H,5-8H2,1H3. The first-order valence-electron chi connectivity index (χ1n) is 9.11. The molecule has 0 saturated carbocycles. The second-order valence-electron chi connectivity index (χ2n) is 6.80. The third-order valence-electron chi connectivity index (χ3n) is 4.95. The third kappa shape index (κ3) is 3.77. The van der Waals surface area contributed by atoms with Crippen molar-refractivity contribution in [2.24, 2.45) is 0 Å². The van der Waals surface area contributed by atoms with Crippen molar-refractivity contribution in [2.75, 3.05) is 38.2 Å². The number of methoxy groups -OCH3 is 1. The molecule has 0 unspecified atom stereocenters. The van der Waals surface area contributed by atoms with Crippen molar-refractivity contribution in [3.8, 4) is 5.75 Å². The zero-order valence-corrected chi connectivity index (χ0v) is 16.6. The summed E-state index contributed by atoms with van der Waals surface area (Å²) in [5.41, 5.74) is -0.395. The van der Waals surface area contributed by atoms with Crippen LogP contribution >= 0.6 is 11.6 Å². The molecule has 0 N–H and O–H groups in total.